The van der Waals surface area contributed by atoms with Gasteiger partial charge in [0.15, 0.2) is 0 Å². The van der Waals surface area contributed by atoms with Gasteiger partial charge in [0, 0.05) is 0 Å². The first-order valence-electron chi connectivity index (χ1n) is 4.52. The third-order valence-electron chi connectivity index (χ3n) is 2.20. The van der Waals surface area contributed by atoms with Gasteiger partial charge in [-0.3, -0.25) is 0 Å². The van der Waals surface area contributed by atoms with Gasteiger partial charge in [-0.2, -0.15) is 0 Å². The van der Waals surface area contributed by atoms with Crippen molar-refractivity contribution in [3.05, 3.63) is 34.9 Å². The summed E-state index contributed by atoms with van der Waals surface area (Å²) in [7, 11) is 0. The van der Waals surface area contributed by atoms with E-state index in [0.717, 1.165) is 24.0 Å². The number of aryl methyl sites for hydroxylation is 2. The zero-order valence-corrected chi connectivity index (χ0v) is 7.96. The second-order valence-corrected chi connectivity index (χ2v) is 2.95. The lowest BCUT2D eigenvalue weighted by molar-refractivity contribution is 0.0570. The van der Waals surface area contributed by atoms with Crippen LogP contribution in [-0.4, -0.2) is 5.97 Å². The van der Waals surface area contributed by atoms with Crippen LogP contribution in [0.2, 0.25) is 0 Å². The number of hydrogen-bond acceptors (Lipinski definition) is 1. The molecule has 1 radical (unpaired) electrons. The van der Waals surface area contributed by atoms with Gasteiger partial charge in [-0.25, -0.2) is 9.90 Å². The lowest BCUT2D eigenvalue weighted by atomic mass is 9.98. The normalized spacial score (nSPS) is 10.0. The molecule has 0 fully saturated rings. The molecule has 0 amide bonds. The highest BCUT2D eigenvalue weighted by atomic mass is 16.4. The van der Waals surface area contributed by atoms with Crippen LogP contribution in [0.1, 0.15) is 35.3 Å². The second kappa shape index (κ2) is 4.08. The van der Waals surface area contributed by atoms with E-state index in [-0.39, 0.29) is 0 Å². The molecule has 0 atom stereocenters. The van der Waals surface area contributed by atoms with E-state index < -0.39 is 5.97 Å². The fraction of sp³-hybridized carbons (Fsp3) is 0.364. The molecular formula is C11H13O2. The second-order valence-electron chi connectivity index (χ2n) is 2.95. The smallest absolute Gasteiger partial charge is 0.241 e. The van der Waals surface area contributed by atoms with Crippen molar-refractivity contribution in [2.75, 3.05) is 0 Å². The molecule has 0 N–H and O–H groups in total. The van der Waals surface area contributed by atoms with Crippen molar-refractivity contribution in [3.8, 4) is 0 Å². The van der Waals surface area contributed by atoms with E-state index in [1.807, 2.05) is 32.0 Å². The van der Waals surface area contributed by atoms with E-state index in [1.165, 1.54) is 0 Å². The van der Waals surface area contributed by atoms with Crippen LogP contribution in [0.3, 0.4) is 0 Å². The van der Waals surface area contributed by atoms with Gasteiger partial charge in [-0.15, -0.1) is 0 Å². The van der Waals surface area contributed by atoms with E-state index in [1.54, 1.807) is 0 Å². The van der Waals surface area contributed by atoms with Crippen LogP contribution in [-0.2, 0) is 17.9 Å². The van der Waals surface area contributed by atoms with Crippen molar-refractivity contribution in [3.63, 3.8) is 0 Å². The highest BCUT2D eigenvalue weighted by Gasteiger charge is 2.14. The SMILES string of the molecule is CCc1cccc(CC)c1C([O])=O. The van der Waals surface area contributed by atoms with Crippen molar-refractivity contribution in [2.24, 2.45) is 0 Å². The molecule has 1 aromatic rings. The molecule has 0 heterocycles. The van der Waals surface area contributed by atoms with Crippen LogP contribution in [0.5, 0.6) is 0 Å². The topological polar surface area (TPSA) is 37.0 Å². The minimum Gasteiger partial charge on any atom is -0.241 e. The number of benzene rings is 1. The van der Waals surface area contributed by atoms with E-state index in [4.69, 9.17) is 0 Å². The van der Waals surface area contributed by atoms with Crippen molar-refractivity contribution >= 4 is 5.97 Å². The molecule has 1 rings (SSSR count). The van der Waals surface area contributed by atoms with E-state index >= 15 is 0 Å². The summed E-state index contributed by atoms with van der Waals surface area (Å²) in [6.45, 7) is 3.89. The Bertz CT molecular complexity index is 294. The highest BCUT2D eigenvalue weighted by Crippen LogP contribution is 2.16. The zero-order chi connectivity index (χ0) is 9.84. The number of carbonyl (C=O) groups is 1. The van der Waals surface area contributed by atoms with Crippen LogP contribution in [0.15, 0.2) is 18.2 Å². The average Bonchev–Trinajstić information content (AvgIpc) is 2.16. The molecule has 0 aliphatic rings. The van der Waals surface area contributed by atoms with Gasteiger partial charge in [0.2, 0.25) is 0 Å². The largest absolute Gasteiger partial charge is 0.386 e. The third-order valence-corrected chi connectivity index (χ3v) is 2.20. The Balaban J connectivity index is 3.29. The Morgan fingerprint density at radius 3 is 1.92 bits per heavy atom. The first-order chi connectivity index (χ1) is 6.20. The lowest BCUT2D eigenvalue weighted by Gasteiger charge is -2.06. The third kappa shape index (κ3) is 1.89. The monoisotopic (exact) mass is 177 g/mol. The summed E-state index contributed by atoms with van der Waals surface area (Å²) in [4.78, 5) is 10.8. The Morgan fingerprint density at radius 2 is 1.62 bits per heavy atom. The van der Waals surface area contributed by atoms with Gasteiger partial charge < -0.3 is 0 Å². The number of hydrogen-bond donors (Lipinski definition) is 0. The molecule has 2 nitrogen and oxygen atoms in total. The molecule has 0 unspecified atom stereocenters. The fourth-order valence-corrected chi connectivity index (χ4v) is 1.50. The molecule has 0 aromatic heterocycles. The fourth-order valence-electron chi connectivity index (χ4n) is 1.50. The van der Waals surface area contributed by atoms with Gasteiger partial charge in [0.1, 0.15) is 0 Å². The first-order valence-corrected chi connectivity index (χ1v) is 4.52. The summed E-state index contributed by atoms with van der Waals surface area (Å²) >= 11 is 0. The predicted octanol–water partition coefficient (Wildman–Crippen LogP) is 2.38. The maximum absolute atomic E-state index is 10.8. The molecule has 0 saturated carbocycles. The van der Waals surface area contributed by atoms with Crippen LogP contribution in [0.25, 0.3) is 0 Å². The quantitative estimate of drug-likeness (QED) is 0.698. The van der Waals surface area contributed by atoms with Crippen molar-refractivity contribution in [2.45, 2.75) is 26.7 Å². The molecule has 13 heavy (non-hydrogen) atoms. The van der Waals surface area contributed by atoms with Gasteiger partial charge in [-0.05, 0) is 24.0 Å². The Kier molecular flexibility index (Phi) is 3.07. The molecule has 0 aliphatic carbocycles. The summed E-state index contributed by atoms with van der Waals surface area (Å²) in [5.41, 5.74) is 2.10. The number of carbonyl (C=O) groups excluding carboxylic acids is 1. The lowest BCUT2D eigenvalue weighted by Crippen LogP contribution is -2.04. The minimum atomic E-state index is -1.06. The van der Waals surface area contributed by atoms with Crippen molar-refractivity contribution < 1.29 is 9.90 Å². The van der Waals surface area contributed by atoms with Gasteiger partial charge in [-0.1, -0.05) is 32.0 Å². The van der Waals surface area contributed by atoms with Gasteiger partial charge in [0.25, 0.3) is 0 Å². The summed E-state index contributed by atoms with van der Waals surface area (Å²) in [6, 6.07) is 5.57. The molecule has 0 bridgehead atoms. The maximum atomic E-state index is 10.8. The minimum absolute atomic E-state index is 0.382. The van der Waals surface area contributed by atoms with Crippen molar-refractivity contribution in [1.29, 1.82) is 0 Å². The molecule has 1 aromatic carbocycles. The molecule has 69 valence electrons. The van der Waals surface area contributed by atoms with Gasteiger partial charge >= 0.3 is 5.97 Å². The van der Waals surface area contributed by atoms with Crippen LogP contribution in [0, 0.1) is 0 Å². The molecule has 0 saturated heterocycles. The summed E-state index contributed by atoms with van der Waals surface area (Å²) in [6.07, 6.45) is 1.47. The first kappa shape index (κ1) is 9.78. The molecule has 2 heteroatoms. The standard InChI is InChI=1S/C11H13O2/c1-3-8-6-5-7-9(4-2)10(8)11(12)13/h5-7H,3-4H2,1-2H3. The summed E-state index contributed by atoms with van der Waals surface area (Å²) in [5, 5.41) is 10.8. The van der Waals surface area contributed by atoms with Crippen molar-refractivity contribution in [1.82, 2.24) is 0 Å². The number of rotatable bonds is 3. The zero-order valence-electron chi connectivity index (χ0n) is 7.96. The van der Waals surface area contributed by atoms with Crippen LogP contribution in [0.4, 0.5) is 0 Å². The Labute approximate surface area is 78.2 Å². The van der Waals surface area contributed by atoms with Crippen LogP contribution >= 0.6 is 0 Å². The Hall–Kier alpha value is -1.31. The Morgan fingerprint density at radius 1 is 1.15 bits per heavy atom. The van der Waals surface area contributed by atoms with Gasteiger partial charge in [0.05, 0.1) is 5.56 Å². The summed E-state index contributed by atoms with van der Waals surface area (Å²) in [5.74, 6) is -1.06. The molecule has 0 spiro atoms. The summed E-state index contributed by atoms with van der Waals surface area (Å²) < 4.78 is 0. The maximum Gasteiger partial charge on any atom is 0.386 e. The predicted molar refractivity (Wildman–Crippen MR) is 50.2 cm³/mol. The van der Waals surface area contributed by atoms with E-state index in [0.29, 0.717) is 5.56 Å². The van der Waals surface area contributed by atoms with E-state index in [9.17, 15) is 9.90 Å². The van der Waals surface area contributed by atoms with Crippen LogP contribution < -0.4 is 0 Å². The molecular weight excluding hydrogens is 164 g/mol. The highest BCUT2D eigenvalue weighted by molar-refractivity contribution is 5.90. The average molecular weight is 177 g/mol. The van der Waals surface area contributed by atoms with E-state index in [2.05, 4.69) is 0 Å². The molecule has 0 aliphatic heterocycles.